The van der Waals surface area contributed by atoms with E-state index < -0.39 is 0 Å². The van der Waals surface area contributed by atoms with Gasteiger partial charge in [-0.1, -0.05) is 51.9 Å². The molecule has 2 heterocycles. The Balaban J connectivity index is 1.39. The van der Waals surface area contributed by atoms with Crippen molar-refractivity contribution in [2.75, 3.05) is 37.6 Å². The Morgan fingerprint density at radius 2 is 1.83 bits per heavy atom. The number of rotatable bonds is 9. The van der Waals surface area contributed by atoms with E-state index in [1.54, 1.807) is 6.20 Å². The first kappa shape index (κ1) is 22.6. The molecule has 30 heavy (non-hydrogen) atoms. The number of carbonyl (C=O) groups is 2. The van der Waals surface area contributed by atoms with Gasteiger partial charge in [0, 0.05) is 45.3 Å². The Labute approximate surface area is 181 Å². The highest BCUT2D eigenvalue weighted by molar-refractivity contribution is 5.94. The number of nitrogens with one attached hydrogen (secondary N) is 1. The van der Waals surface area contributed by atoms with Gasteiger partial charge in [0.25, 0.3) is 5.91 Å². The zero-order valence-corrected chi connectivity index (χ0v) is 18.6. The molecule has 2 aliphatic rings. The predicted octanol–water partition coefficient (Wildman–Crippen LogP) is 4.01. The van der Waals surface area contributed by atoms with Gasteiger partial charge < -0.3 is 15.1 Å². The summed E-state index contributed by atoms with van der Waals surface area (Å²) >= 11 is 0. The van der Waals surface area contributed by atoms with Gasteiger partial charge in [0.1, 0.15) is 5.82 Å². The molecular formula is C24H38N4O2. The molecule has 1 aliphatic carbocycles. The topological polar surface area (TPSA) is 65.5 Å². The predicted molar refractivity (Wildman–Crippen MR) is 121 cm³/mol. The van der Waals surface area contributed by atoms with Gasteiger partial charge in [-0.2, -0.15) is 0 Å². The Morgan fingerprint density at radius 1 is 1.07 bits per heavy atom. The second-order valence-electron chi connectivity index (χ2n) is 8.78. The summed E-state index contributed by atoms with van der Waals surface area (Å²) in [5, 5.41) is 2.95. The molecule has 0 radical (unpaired) electrons. The third-order valence-corrected chi connectivity index (χ3v) is 6.52. The minimum absolute atomic E-state index is 0.0569. The summed E-state index contributed by atoms with van der Waals surface area (Å²) in [6.07, 6.45) is 13.4. The van der Waals surface area contributed by atoms with Crippen LogP contribution in [0.25, 0.3) is 0 Å². The minimum Gasteiger partial charge on any atom is -0.353 e. The number of pyridine rings is 1. The number of unbranched alkanes of at least 4 members (excludes halogenated alkanes) is 2. The summed E-state index contributed by atoms with van der Waals surface area (Å²) in [6, 6.07) is 3.76. The van der Waals surface area contributed by atoms with Gasteiger partial charge in [-0.05, 0) is 30.9 Å². The summed E-state index contributed by atoms with van der Waals surface area (Å²) in [4.78, 5) is 33.5. The summed E-state index contributed by atoms with van der Waals surface area (Å²) in [5.41, 5.74) is 0.603. The molecular weight excluding hydrogens is 376 g/mol. The van der Waals surface area contributed by atoms with Crippen molar-refractivity contribution < 1.29 is 9.59 Å². The van der Waals surface area contributed by atoms with Crippen molar-refractivity contribution in [2.24, 2.45) is 5.92 Å². The van der Waals surface area contributed by atoms with E-state index in [-0.39, 0.29) is 5.91 Å². The van der Waals surface area contributed by atoms with Gasteiger partial charge in [0.15, 0.2) is 0 Å². The van der Waals surface area contributed by atoms with Gasteiger partial charge in [-0.3, -0.25) is 9.59 Å². The van der Waals surface area contributed by atoms with Crippen LogP contribution in [0.3, 0.4) is 0 Å². The van der Waals surface area contributed by atoms with Crippen LogP contribution >= 0.6 is 0 Å². The van der Waals surface area contributed by atoms with Crippen LogP contribution < -0.4 is 10.2 Å². The lowest BCUT2D eigenvalue weighted by Crippen LogP contribution is -2.49. The summed E-state index contributed by atoms with van der Waals surface area (Å²) in [7, 11) is 0. The van der Waals surface area contributed by atoms with Gasteiger partial charge >= 0.3 is 0 Å². The van der Waals surface area contributed by atoms with Gasteiger partial charge in [0.05, 0.1) is 5.56 Å². The van der Waals surface area contributed by atoms with Crippen molar-refractivity contribution >= 4 is 17.6 Å². The van der Waals surface area contributed by atoms with E-state index in [0.717, 1.165) is 63.6 Å². The average molecular weight is 415 g/mol. The zero-order chi connectivity index (χ0) is 21.2. The fourth-order valence-corrected chi connectivity index (χ4v) is 4.53. The van der Waals surface area contributed by atoms with Crippen molar-refractivity contribution in [1.29, 1.82) is 0 Å². The number of carbonyl (C=O) groups excluding carboxylic acids is 2. The molecule has 1 saturated carbocycles. The van der Waals surface area contributed by atoms with Crippen LogP contribution in [0, 0.1) is 5.92 Å². The van der Waals surface area contributed by atoms with Crippen LogP contribution in [0.1, 0.15) is 81.5 Å². The molecule has 6 nitrogen and oxygen atoms in total. The Kier molecular flexibility index (Phi) is 8.97. The van der Waals surface area contributed by atoms with Crippen LogP contribution in [0.15, 0.2) is 18.3 Å². The molecule has 6 heteroatoms. The Morgan fingerprint density at radius 3 is 2.50 bits per heavy atom. The highest BCUT2D eigenvalue weighted by Crippen LogP contribution is 2.27. The van der Waals surface area contributed by atoms with E-state index in [9.17, 15) is 9.59 Å². The van der Waals surface area contributed by atoms with E-state index in [1.165, 1.54) is 32.1 Å². The molecule has 0 spiro atoms. The number of anilines is 1. The van der Waals surface area contributed by atoms with Crippen LogP contribution in [0.4, 0.5) is 5.82 Å². The molecule has 2 amide bonds. The van der Waals surface area contributed by atoms with Crippen LogP contribution in [0.5, 0.6) is 0 Å². The molecule has 2 fully saturated rings. The van der Waals surface area contributed by atoms with Crippen molar-refractivity contribution in [3.8, 4) is 0 Å². The fourth-order valence-electron chi connectivity index (χ4n) is 4.53. The standard InChI is InChI=1S/C24H38N4O2/c1-2-3-7-14-25-24(30)21-11-12-22(26-19-21)27-15-17-28(18-16-27)23(29)13-10-20-8-5-4-6-9-20/h11-12,19-20H,2-10,13-18H2,1H3,(H,25,30). The molecule has 1 aromatic heterocycles. The maximum atomic E-state index is 12.6. The summed E-state index contributed by atoms with van der Waals surface area (Å²) < 4.78 is 0. The first-order valence-electron chi connectivity index (χ1n) is 11.9. The average Bonchev–Trinajstić information content (AvgIpc) is 2.81. The Hall–Kier alpha value is -2.11. The van der Waals surface area contributed by atoms with E-state index in [0.29, 0.717) is 24.4 Å². The molecule has 1 aliphatic heterocycles. The molecule has 0 unspecified atom stereocenters. The smallest absolute Gasteiger partial charge is 0.252 e. The number of nitrogens with zero attached hydrogens (tertiary/aromatic N) is 3. The van der Waals surface area contributed by atoms with Gasteiger partial charge in [0.2, 0.25) is 5.91 Å². The van der Waals surface area contributed by atoms with E-state index in [1.807, 2.05) is 17.0 Å². The van der Waals surface area contributed by atoms with Crippen molar-refractivity contribution in [1.82, 2.24) is 15.2 Å². The number of amides is 2. The van der Waals surface area contributed by atoms with Crippen LogP contribution in [-0.2, 0) is 4.79 Å². The zero-order valence-electron chi connectivity index (χ0n) is 18.6. The van der Waals surface area contributed by atoms with Crippen LogP contribution in [-0.4, -0.2) is 54.4 Å². The number of aromatic nitrogens is 1. The molecule has 166 valence electrons. The summed E-state index contributed by atoms with van der Waals surface area (Å²) in [5.74, 6) is 1.89. The number of hydrogen-bond acceptors (Lipinski definition) is 4. The second kappa shape index (κ2) is 11.9. The van der Waals surface area contributed by atoms with Gasteiger partial charge in [-0.15, -0.1) is 0 Å². The molecule has 1 N–H and O–H groups in total. The Bertz CT molecular complexity index is 662. The largest absolute Gasteiger partial charge is 0.353 e. The van der Waals surface area contributed by atoms with E-state index in [2.05, 4.69) is 22.1 Å². The molecule has 1 aromatic rings. The first-order chi connectivity index (χ1) is 14.7. The maximum Gasteiger partial charge on any atom is 0.252 e. The number of piperazine rings is 1. The van der Waals surface area contributed by atoms with E-state index in [4.69, 9.17) is 0 Å². The van der Waals surface area contributed by atoms with Crippen molar-refractivity contribution in [3.63, 3.8) is 0 Å². The van der Waals surface area contributed by atoms with Gasteiger partial charge in [-0.25, -0.2) is 4.98 Å². The van der Waals surface area contributed by atoms with Crippen molar-refractivity contribution in [3.05, 3.63) is 23.9 Å². The fraction of sp³-hybridized carbons (Fsp3) is 0.708. The lowest BCUT2D eigenvalue weighted by molar-refractivity contribution is -0.131. The lowest BCUT2D eigenvalue weighted by Gasteiger charge is -2.35. The monoisotopic (exact) mass is 414 g/mol. The maximum absolute atomic E-state index is 12.6. The van der Waals surface area contributed by atoms with Crippen molar-refractivity contribution in [2.45, 2.75) is 71.1 Å². The molecule has 0 aromatic carbocycles. The minimum atomic E-state index is -0.0569. The highest BCUT2D eigenvalue weighted by Gasteiger charge is 2.23. The highest BCUT2D eigenvalue weighted by atomic mass is 16.2. The third kappa shape index (κ3) is 6.71. The molecule has 3 rings (SSSR count). The lowest BCUT2D eigenvalue weighted by atomic mass is 9.86. The summed E-state index contributed by atoms with van der Waals surface area (Å²) in [6.45, 7) is 5.97. The molecule has 0 atom stereocenters. The SMILES string of the molecule is CCCCCNC(=O)c1ccc(N2CCN(C(=O)CCC3CCCCC3)CC2)nc1. The molecule has 0 bridgehead atoms. The normalized spacial score (nSPS) is 17.8. The molecule has 1 saturated heterocycles. The van der Waals surface area contributed by atoms with E-state index >= 15 is 0 Å². The third-order valence-electron chi connectivity index (χ3n) is 6.52. The second-order valence-corrected chi connectivity index (χ2v) is 8.78. The quantitative estimate of drug-likeness (QED) is 0.620. The van der Waals surface area contributed by atoms with Crippen LogP contribution in [0.2, 0.25) is 0 Å². The number of hydrogen-bond donors (Lipinski definition) is 1. The first-order valence-corrected chi connectivity index (χ1v) is 11.9.